The number of imidazole rings is 1. The lowest BCUT2D eigenvalue weighted by molar-refractivity contribution is 0.594. The van der Waals surface area contributed by atoms with Crippen molar-refractivity contribution in [2.24, 2.45) is 7.05 Å². The van der Waals surface area contributed by atoms with Gasteiger partial charge in [-0.2, -0.15) is 0 Å². The third kappa shape index (κ3) is 2.27. The highest BCUT2D eigenvalue weighted by Crippen LogP contribution is 2.27. The molecule has 0 aliphatic rings. The molecular weight excluding hydrogens is 300 g/mol. The van der Waals surface area contributed by atoms with Crippen molar-refractivity contribution in [2.75, 3.05) is 5.75 Å². The fourth-order valence-electron chi connectivity index (χ4n) is 2.36. The molecule has 0 aliphatic carbocycles. The zero-order chi connectivity index (χ0) is 15.9. The van der Waals surface area contributed by atoms with Gasteiger partial charge in [0.05, 0.1) is 11.3 Å². The van der Waals surface area contributed by atoms with Gasteiger partial charge in [-0.05, 0) is 30.7 Å². The maximum atomic E-state index is 12.3. The molecule has 0 radical (unpaired) electrons. The van der Waals surface area contributed by atoms with Gasteiger partial charge in [-0.3, -0.25) is 0 Å². The summed E-state index contributed by atoms with van der Waals surface area (Å²) in [6.45, 7) is 3.55. The first-order valence-corrected chi connectivity index (χ1v) is 8.56. The smallest absolute Gasteiger partial charge is 0.196 e. The minimum absolute atomic E-state index is 0.00167. The minimum Gasteiger partial charge on any atom is -0.312 e. The van der Waals surface area contributed by atoms with Crippen LogP contribution in [0.5, 0.6) is 0 Å². The van der Waals surface area contributed by atoms with E-state index in [0.717, 1.165) is 11.1 Å². The third-order valence-electron chi connectivity index (χ3n) is 3.53. The molecule has 0 amide bonds. The molecule has 0 saturated heterocycles. The van der Waals surface area contributed by atoms with Crippen LogP contribution in [-0.2, 0) is 16.9 Å². The van der Waals surface area contributed by atoms with Crippen LogP contribution >= 0.6 is 0 Å². The predicted octanol–water partition coefficient (Wildman–Crippen LogP) is 2.13. The summed E-state index contributed by atoms with van der Waals surface area (Å²) in [5.74, 6) is 0.548. The van der Waals surface area contributed by atoms with Gasteiger partial charge < -0.3 is 4.57 Å². The molecule has 3 aromatic heterocycles. The molecule has 3 rings (SSSR count). The van der Waals surface area contributed by atoms with E-state index in [4.69, 9.17) is 0 Å². The zero-order valence-corrected chi connectivity index (χ0v) is 13.4. The van der Waals surface area contributed by atoms with E-state index in [0.29, 0.717) is 17.0 Å². The second-order valence-corrected chi connectivity index (χ2v) is 7.30. The van der Waals surface area contributed by atoms with Crippen molar-refractivity contribution in [3.63, 3.8) is 0 Å². The molecule has 0 atom stereocenters. The number of hydrogen-bond donors (Lipinski definition) is 0. The SMILES string of the molecule is CCS(=O)(=O)c1ncccc1-c1nc2cc(C)cnc2n1C. The lowest BCUT2D eigenvalue weighted by Crippen LogP contribution is -2.09. The van der Waals surface area contributed by atoms with Crippen LogP contribution < -0.4 is 0 Å². The van der Waals surface area contributed by atoms with E-state index in [1.54, 1.807) is 29.8 Å². The second kappa shape index (κ2) is 5.17. The van der Waals surface area contributed by atoms with Crippen molar-refractivity contribution < 1.29 is 8.42 Å². The standard InChI is InChI=1S/C15H16N4O2S/c1-4-22(20,21)15-11(6-5-7-16-15)13-18-12-8-10(2)9-17-14(12)19(13)3/h5-9H,4H2,1-3H3. The molecule has 0 bridgehead atoms. The number of fused-ring (bicyclic) bond motifs is 1. The van der Waals surface area contributed by atoms with E-state index in [-0.39, 0.29) is 10.8 Å². The Kier molecular flexibility index (Phi) is 3.44. The summed E-state index contributed by atoms with van der Waals surface area (Å²) in [6, 6.07) is 5.36. The maximum absolute atomic E-state index is 12.3. The molecule has 0 spiro atoms. The Labute approximate surface area is 128 Å². The summed E-state index contributed by atoms with van der Waals surface area (Å²) in [7, 11) is -1.60. The third-order valence-corrected chi connectivity index (χ3v) is 5.21. The highest BCUT2D eigenvalue weighted by atomic mass is 32.2. The van der Waals surface area contributed by atoms with E-state index in [2.05, 4.69) is 15.0 Å². The molecular formula is C15H16N4O2S. The quantitative estimate of drug-likeness (QED) is 0.739. The van der Waals surface area contributed by atoms with E-state index in [1.165, 1.54) is 6.20 Å². The first-order chi connectivity index (χ1) is 10.4. The van der Waals surface area contributed by atoms with Gasteiger partial charge in [-0.1, -0.05) is 6.92 Å². The van der Waals surface area contributed by atoms with Crippen molar-refractivity contribution in [3.8, 4) is 11.4 Å². The predicted molar refractivity (Wildman–Crippen MR) is 84.2 cm³/mol. The minimum atomic E-state index is -3.42. The second-order valence-electron chi connectivity index (χ2n) is 5.11. The van der Waals surface area contributed by atoms with Gasteiger partial charge in [-0.15, -0.1) is 0 Å². The van der Waals surface area contributed by atoms with Crippen LogP contribution in [0.1, 0.15) is 12.5 Å². The molecule has 3 aromatic rings. The van der Waals surface area contributed by atoms with Crippen LogP contribution in [0.2, 0.25) is 0 Å². The molecule has 0 N–H and O–H groups in total. The van der Waals surface area contributed by atoms with E-state index in [9.17, 15) is 8.42 Å². The monoisotopic (exact) mass is 316 g/mol. The van der Waals surface area contributed by atoms with Crippen molar-refractivity contribution in [1.29, 1.82) is 0 Å². The fraction of sp³-hybridized carbons (Fsp3) is 0.267. The molecule has 0 saturated carbocycles. The average molecular weight is 316 g/mol. The van der Waals surface area contributed by atoms with Crippen molar-refractivity contribution >= 4 is 21.0 Å². The van der Waals surface area contributed by atoms with Crippen LogP contribution in [0.15, 0.2) is 35.6 Å². The number of aromatic nitrogens is 4. The number of sulfone groups is 1. The molecule has 114 valence electrons. The molecule has 0 fully saturated rings. The van der Waals surface area contributed by atoms with Gasteiger partial charge in [0.25, 0.3) is 0 Å². The number of aryl methyl sites for hydroxylation is 2. The Hall–Kier alpha value is -2.28. The summed E-state index contributed by atoms with van der Waals surface area (Å²) in [5, 5.41) is 0.0626. The summed E-state index contributed by atoms with van der Waals surface area (Å²) in [5.41, 5.74) is 2.96. The number of nitrogens with zero attached hydrogens (tertiary/aromatic N) is 4. The van der Waals surface area contributed by atoms with Crippen LogP contribution in [0.4, 0.5) is 0 Å². The van der Waals surface area contributed by atoms with Gasteiger partial charge in [0.1, 0.15) is 11.3 Å². The van der Waals surface area contributed by atoms with Crippen molar-refractivity contribution in [2.45, 2.75) is 18.9 Å². The normalized spacial score (nSPS) is 12.0. The molecule has 0 aliphatic heterocycles. The summed E-state index contributed by atoms with van der Waals surface area (Å²) < 4.78 is 26.3. The fourth-order valence-corrected chi connectivity index (χ4v) is 3.35. The Bertz CT molecular complexity index is 961. The molecule has 6 nitrogen and oxygen atoms in total. The highest BCUT2D eigenvalue weighted by molar-refractivity contribution is 7.91. The summed E-state index contributed by atoms with van der Waals surface area (Å²) in [4.78, 5) is 13.0. The number of hydrogen-bond acceptors (Lipinski definition) is 5. The summed E-state index contributed by atoms with van der Waals surface area (Å²) >= 11 is 0. The van der Waals surface area contributed by atoms with E-state index >= 15 is 0 Å². The van der Waals surface area contributed by atoms with Gasteiger partial charge >= 0.3 is 0 Å². The van der Waals surface area contributed by atoms with Gasteiger partial charge in [0.2, 0.25) is 0 Å². The van der Waals surface area contributed by atoms with Crippen LogP contribution in [0.25, 0.3) is 22.6 Å². The maximum Gasteiger partial charge on any atom is 0.196 e. The lowest BCUT2D eigenvalue weighted by atomic mass is 10.3. The molecule has 22 heavy (non-hydrogen) atoms. The number of pyridine rings is 2. The van der Waals surface area contributed by atoms with Crippen molar-refractivity contribution in [3.05, 3.63) is 36.2 Å². The van der Waals surface area contributed by atoms with Crippen LogP contribution in [0.3, 0.4) is 0 Å². The first kappa shape index (κ1) is 14.6. The first-order valence-electron chi connectivity index (χ1n) is 6.91. The molecule has 7 heteroatoms. The largest absolute Gasteiger partial charge is 0.312 e. The molecule has 0 unspecified atom stereocenters. The summed E-state index contributed by atoms with van der Waals surface area (Å²) in [6.07, 6.45) is 3.25. The number of rotatable bonds is 3. The van der Waals surface area contributed by atoms with Gasteiger partial charge in [0, 0.05) is 19.4 Å². The Balaban J connectivity index is 2.31. The average Bonchev–Trinajstić information content (AvgIpc) is 2.83. The Morgan fingerprint density at radius 1 is 1.27 bits per heavy atom. The molecule has 0 aromatic carbocycles. The van der Waals surface area contributed by atoms with Gasteiger partial charge in [0.15, 0.2) is 20.5 Å². The Morgan fingerprint density at radius 2 is 2.05 bits per heavy atom. The van der Waals surface area contributed by atoms with E-state index in [1.807, 2.05) is 20.0 Å². The topological polar surface area (TPSA) is 77.7 Å². The highest BCUT2D eigenvalue weighted by Gasteiger charge is 2.22. The Morgan fingerprint density at radius 3 is 2.77 bits per heavy atom. The lowest BCUT2D eigenvalue weighted by Gasteiger charge is -2.07. The van der Waals surface area contributed by atoms with E-state index < -0.39 is 9.84 Å². The van der Waals surface area contributed by atoms with Crippen LogP contribution in [-0.4, -0.2) is 33.7 Å². The molecule has 3 heterocycles. The zero-order valence-electron chi connectivity index (χ0n) is 12.6. The van der Waals surface area contributed by atoms with Crippen molar-refractivity contribution in [1.82, 2.24) is 19.5 Å². The van der Waals surface area contributed by atoms with Crippen LogP contribution in [0, 0.1) is 6.92 Å². The van der Waals surface area contributed by atoms with Gasteiger partial charge in [-0.25, -0.2) is 23.4 Å².